The lowest BCUT2D eigenvalue weighted by Crippen LogP contribution is -2.52. The Morgan fingerprint density at radius 3 is 2.47 bits per heavy atom. The summed E-state index contributed by atoms with van der Waals surface area (Å²) in [5, 5.41) is 3.20. The minimum atomic E-state index is -4.36. The number of likely N-dealkylation sites (tertiary alicyclic amines) is 1. The van der Waals surface area contributed by atoms with Crippen molar-refractivity contribution in [3.05, 3.63) is 35.4 Å². The third-order valence-corrected chi connectivity index (χ3v) is 7.07. The van der Waals surface area contributed by atoms with E-state index in [-0.39, 0.29) is 23.8 Å². The summed E-state index contributed by atoms with van der Waals surface area (Å²) < 4.78 is 44.7. The quantitative estimate of drug-likeness (QED) is 0.539. The normalized spacial score (nSPS) is 23.4. The van der Waals surface area contributed by atoms with Crippen LogP contribution in [0.25, 0.3) is 0 Å². The third kappa shape index (κ3) is 7.37. The molecule has 2 aliphatic rings. The Hall–Kier alpha value is -2.29. The molecule has 0 spiro atoms. The molecule has 36 heavy (non-hydrogen) atoms. The lowest BCUT2D eigenvalue weighted by atomic mass is 9.96. The molecule has 9 heteroatoms. The number of fused-ring (bicyclic) bond motifs is 1. The first-order valence-corrected chi connectivity index (χ1v) is 12.8. The molecule has 1 heterocycles. The maximum atomic E-state index is 13.4. The maximum absolute atomic E-state index is 13.4. The van der Waals surface area contributed by atoms with Crippen LogP contribution in [0.4, 0.5) is 18.0 Å². The smallest absolute Gasteiger partial charge is 0.416 e. The largest absolute Gasteiger partial charge is 0.444 e. The molecule has 2 fully saturated rings. The molecular formula is C27H40F3N3O3. The Kier molecular flexibility index (Phi) is 8.63. The summed E-state index contributed by atoms with van der Waals surface area (Å²) in [5.74, 6) is 0.662. The Labute approximate surface area is 212 Å². The average Bonchev–Trinajstić information content (AvgIpc) is 3.30. The lowest BCUT2D eigenvalue weighted by Gasteiger charge is -2.32. The molecular weight excluding hydrogens is 471 g/mol. The second-order valence-corrected chi connectivity index (χ2v) is 11.7. The van der Waals surface area contributed by atoms with Gasteiger partial charge in [-0.3, -0.25) is 14.6 Å². The molecule has 0 unspecified atom stereocenters. The molecule has 0 aromatic heterocycles. The van der Waals surface area contributed by atoms with Gasteiger partial charge in [-0.25, -0.2) is 4.79 Å². The Morgan fingerprint density at radius 2 is 1.86 bits per heavy atom. The summed E-state index contributed by atoms with van der Waals surface area (Å²) in [6, 6.07) is 4.84. The van der Waals surface area contributed by atoms with Gasteiger partial charge >= 0.3 is 12.3 Å². The van der Waals surface area contributed by atoms with Crippen LogP contribution < -0.4 is 5.32 Å². The molecule has 6 nitrogen and oxygen atoms in total. The molecule has 202 valence electrons. The number of halogens is 3. The van der Waals surface area contributed by atoms with Gasteiger partial charge in [-0.1, -0.05) is 32.0 Å². The van der Waals surface area contributed by atoms with Gasteiger partial charge in [0.25, 0.3) is 0 Å². The van der Waals surface area contributed by atoms with Crippen molar-refractivity contribution in [1.82, 2.24) is 15.1 Å². The minimum Gasteiger partial charge on any atom is -0.444 e. The standard InChI is InChI=1S/C27H40F3N3O3/c1-17(2)12-23(32(6)25(35)36-26(3,4)5)24(34)31-22-11-10-19-15-33(16-21(19)22)14-18-8-7-9-20(13-18)27(28,29)30/h7-9,13,17,19,21-23H,10-12,14-16H2,1-6H3,(H,31,34)/t19-,21+,22+,23+/m0/s1. The first-order valence-electron chi connectivity index (χ1n) is 12.8. The van der Waals surface area contributed by atoms with Crippen molar-refractivity contribution in [3.8, 4) is 0 Å². The first kappa shape index (κ1) is 28.3. The van der Waals surface area contributed by atoms with Crippen LogP contribution in [0.2, 0.25) is 0 Å². The van der Waals surface area contributed by atoms with Gasteiger partial charge in [-0.05, 0) is 69.4 Å². The fourth-order valence-corrected chi connectivity index (χ4v) is 5.40. The zero-order valence-electron chi connectivity index (χ0n) is 22.2. The van der Waals surface area contributed by atoms with Crippen LogP contribution in [-0.2, 0) is 22.3 Å². The number of likely N-dealkylation sites (N-methyl/N-ethyl adjacent to an activating group) is 1. The van der Waals surface area contributed by atoms with Crippen molar-refractivity contribution in [1.29, 1.82) is 0 Å². The van der Waals surface area contributed by atoms with E-state index >= 15 is 0 Å². The molecule has 1 aliphatic carbocycles. The minimum absolute atomic E-state index is 0.0179. The fourth-order valence-electron chi connectivity index (χ4n) is 5.40. The average molecular weight is 512 g/mol. The van der Waals surface area contributed by atoms with E-state index in [4.69, 9.17) is 4.74 Å². The number of nitrogens with zero attached hydrogens (tertiary/aromatic N) is 2. The molecule has 1 N–H and O–H groups in total. The summed E-state index contributed by atoms with van der Waals surface area (Å²) in [4.78, 5) is 29.6. The van der Waals surface area contributed by atoms with E-state index < -0.39 is 29.5 Å². The van der Waals surface area contributed by atoms with Gasteiger partial charge in [0.2, 0.25) is 5.91 Å². The molecule has 1 aromatic carbocycles. The Balaban J connectivity index is 1.63. The second-order valence-electron chi connectivity index (χ2n) is 11.7. The summed E-state index contributed by atoms with van der Waals surface area (Å²) >= 11 is 0. The van der Waals surface area contributed by atoms with Gasteiger partial charge in [-0.2, -0.15) is 13.2 Å². The number of nitrogens with one attached hydrogen (secondary N) is 1. The van der Waals surface area contributed by atoms with E-state index in [1.807, 2.05) is 13.8 Å². The zero-order valence-corrected chi connectivity index (χ0v) is 22.2. The van der Waals surface area contributed by atoms with Crippen molar-refractivity contribution >= 4 is 12.0 Å². The molecule has 4 atom stereocenters. The van der Waals surface area contributed by atoms with E-state index in [2.05, 4.69) is 10.2 Å². The fraction of sp³-hybridized carbons (Fsp3) is 0.704. The topological polar surface area (TPSA) is 61.9 Å². The summed E-state index contributed by atoms with van der Waals surface area (Å²) in [5.41, 5.74) is -0.647. The van der Waals surface area contributed by atoms with Crippen LogP contribution in [0, 0.1) is 17.8 Å². The zero-order chi connectivity index (χ0) is 26.8. The number of alkyl halides is 3. The van der Waals surface area contributed by atoms with Crippen LogP contribution in [0.3, 0.4) is 0 Å². The van der Waals surface area contributed by atoms with E-state index in [9.17, 15) is 22.8 Å². The Bertz CT molecular complexity index is 929. The van der Waals surface area contributed by atoms with E-state index in [0.29, 0.717) is 24.4 Å². The van der Waals surface area contributed by atoms with Crippen molar-refractivity contribution in [2.45, 2.75) is 84.3 Å². The molecule has 0 radical (unpaired) electrons. The van der Waals surface area contributed by atoms with Crippen molar-refractivity contribution < 1.29 is 27.5 Å². The van der Waals surface area contributed by atoms with Gasteiger partial charge < -0.3 is 10.1 Å². The Morgan fingerprint density at radius 1 is 1.17 bits per heavy atom. The summed E-state index contributed by atoms with van der Waals surface area (Å²) in [6.07, 6.45) is -2.54. The maximum Gasteiger partial charge on any atom is 0.416 e. The van der Waals surface area contributed by atoms with E-state index in [0.717, 1.165) is 32.0 Å². The highest BCUT2D eigenvalue weighted by atomic mass is 19.4. The number of benzene rings is 1. The van der Waals surface area contributed by atoms with Gasteiger partial charge in [0.05, 0.1) is 5.56 Å². The molecule has 1 aliphatic heterocycles. The predicted molar refractivity (Wildman–Crippen MR) is 132 cm³/mol. The monoisotopic (exact) mass is 511 g/mol. The van der Waals surface area contributed by atoms with Gasteiger partial charge in [-0.15, -0.1) is 0 Å². The van der Waals surface area contributed by atoms with Crippen LogP contribution in [0.1, 0.15) is 65.0 Å². The highest BCUT2D eigenvalue weighted by Gasteiger charge is 2.44. The number of carbonyl (C=O) groups excluding carboxylic acids is 2. The van der Waals surface area contributed by atoms with Gasteiger partial charge in [0.15, 0.2) is 0 Å². The summed E-state index contributed by atoms with van der Waals surface area (Å²) in [6.45, 7) is 11.4. The van der Waals surface area contributed by atoms with Gasteiger partial charge in [0.1, 0.15) is 11.6 Å². The molecule has 2 amide bonds. The van der Waals surface area contributed by atoms with Crippen molar-refractivity contribution in [3.63, 3.8) is 0 Å². The predicted octanol–water partition coefficient (Wildman–Crippen LogP) is 5.31. The lowest BCUT2D eigenvalue weighted by molar-refractivity contribution is -0.137. The number of ether oxygens (including phenoxy) is 1. The SMILES string of the molecule is CC(C)C[C@H](C(=O)N[C@@H]1CC[C@H]2CN(Cc3cccc(C(F)(F)F)c3)C[C@H]21)N(C)C(=O)OC(C)(C)C. The second kappa shape index (κ2) is 11.0. The number of rotatable bonds is 7. The number of carbonyl (C=O) groups is 2. The number of hydrogen-bond acceptors (Lipinski definition) is 4. The van der Waals surface area contributed by atoms with Crippen LogP contribution in [0.5, 0.6) is 0 Å². The number of hydrogen-bond donors (Lipinski definition) is 1. The molecule has 1 saturated carbocycles. The van der Waals surface area contributed by atoms with Crippen LogP contribution >= 0.6 is 0 Å². The van der Waals surface area contributed by atoms with Crippen molar-refractivity contribution in [2.24, 2.45) is 17.8 Å². The first-order chi connectivity index (χ1) is 16.6. The third-order valence-electron chi connectivity index (χ3n) is 7.07. The van der Waals surface area contributed by atoms with Crippen LogP contribution in [0.15, 0.2) is 24.3 Å². The molecule has 3 rings (SSSR count). The molecule has 1 aromatic rings. The summed E-state index contributed by atoms with van der Waals surface area (Å²) in [7, 11) is 1.60. The van der Waals surface area contributed by atoms with E-state index in [1.54, 1.807) is 33.9 Å². The van der Waals surface area contributed by atoms with Crippen LogP contribution in [-0.4, -0.2) is 59.6 Å². The number of amides is 2. The molecule has 0 bridgehead atoms. The highest BCUT2D eigenvalue weighted by Crippen LogP contribution is 2.39. The van der Waals surface area contributed by atoms with E-state index in [1.165, 1.54) is 17.0 Å². The van der Waals surface area contributed by atoms with Crippen molar-refractivity contribution in [2.75, 3.05) is 20.1 Å². The van der Waals surface area contributed by atoms with Gasteiger partial charge in [0, 0.05) is 32.7 Å². The molecule has 1 saturated heterocycles. The highest BCUT2D eigenvalue weighted by molar-refractivity contribution is 5.86.